The van der Waals surface area contributed by atoms with Crippen molar-refractivity contribution in [2.45, 2.75) is 45.4 Å². The second-order valence-corrected chi connectivity index (χ2v) is 16.6. The number of pyridine rings is 1. The molecule has 1 unspecified atom stereocenters. The van der Waals surface area contributed by atoms with Crippen molar-refractivity contribution in [2.75, 3.05) is 11.5 Å². The second kappa shape index (κ2) is 9.00. The van der Waals surface area contributed by atoms with Crippen molar-refractivity contribution in [1.29, 1.82) is 0 Å². The largest absolute Gasteiger partial charge is 0.360 e. The van der Waals surface area contributed by atoms with Crippen LogP contribution in [0.3, 0.4) is 0 Å². The Morgan fingerprint density at radius 1 is 1.17 bits per heavy atom. The fourth-order valence-corrected chi connectivity index (χ4v) is 5.48. The van der Waals surface area contributed by atoms with Crippen molar-refractivity contribution in [2.24, 2.45) is 0 Å². The minimum Gasteiger partial charge on any atom is -0.360 e. The first-order chi connectivity index (χ1) is 16.6. The van der Waals surface area contributed by atoms with Crippen LogP contribution in [0.2, 0.25) is 25.7 Å². The molecule has 5 rings (SSSR count). The zero-order valence-corrected chi connectivity index (χ0v) is 22.7. The Kier molecular flexibility index (Phi) is 6.14. The zero-order valence-electron chi connectivity index (χ0n) is 20.1. The lowest BCUT2D eigenvalue weighted by molar-refractivity contribution is 0.0761. The maximum Gasteiger partial charge on any atom is 0.280 e. The molecule has 0 aliphatic carbocycles. The molecular weight excluding hydrogens is 529 g/mol. The van der Waals surface area contributed by atoms with Gasteiger partial charge in [0.1, 0.15) is 18.2 Å². The molecule has 1 atom stereocenters. The van der Waals surface area contributed by atoms with Crippen molar-refractivity contribution < 1.29 is 13.9 Å². The highest BCUT2D eigenvalue weighted by Gasteiger charge is 2.44. The topological polar surface area (TPSA) is 64.7 Å². The van der Waals surface area contributed by atoms with E-state index >= 15 is 4.39 Å². The van der Waals surface area contributed by atoms with Gasteiger partial charge in [-0.1, -0.05) is 41.6 Å². The van der Waals surface area contributed by atoms with E-state index in [1.807, 2.05) is 35.9 Å². The predicted octanol–water partition coefficient (Wildman–Crippen LogP) is 5.80. The number of amides is 1. The molecule has 3 aromatic heterocycles. The lowest BCUT2D eigenvalue weighted by atomic mass is 9.98. The third kappa shape index (κ3) is 4.46. The Morgan fingerprint density at radius 3 is 2.71 bits per heavy atom. The molecule has 1 amide bonds. The average Bonchev–Trinajstić information content (AvgIpc) is 3.45. The van der Waals surface area contributed by atoms with Crippen LogP contribution in [0.5, 0.6) is 0 Å². The highest BCUT2D eigenvalue weighted by Crippen LogP contribution is 2.44. The Hall–Kier alpha value is -2.82. The molecule has 1 aromatic carbocycles. The fraction of sp³-hybridized carbons (Fsp3) is 0.320. The summed E-state index contributed by atoms with van der Waals surface area (Å²) in [6.45, 7) is 9.72. The van der Waals surface area contributed by atoms with Crippen LogP contribution in [-0.2, 0) is 11.5 Å². The van der Waals surface area contributed by atoms with Gasteiger partial charge in [-0.15, -0.1) is 0 Å². The number of fused-ring (bicyclic) bond motifs is 2. The van der Waals surface area contributed by atoms with Crippen LogP contribution in [0.1, 0.15) is 33.4 Å². The first-order valence-electron chi connectivity index (χ1n) is 11.5. The summed E-state index contributed by atoms with van der Waals surface area (Å²) in [6, 6.07) is 8.99. The molecule has 4 aromatic rings. The van der Waals surface area contributed by atoms with Gasteiger partial charge in [0.2, 0.25) is 0 Å². The van der Waals surface area contributed by atoms with Crippen LogP contribution in [0, 0.1) is 12.7 Å². The normalized spacial score (nSPS) is 15.9. The molecule has 7 nitrogen and oxygen atoms in total. The van der Waals surface area contributed by atoms with Crippen molar-refractivity contribution in [3.8, 4) is 0 Å². The number of halogens is 2. The van der Waals surface area contributed by atoms with Crippen molar-refractivity contribution in [1.82, 2.24) is 19.2 Å². The lowest BCUT2D eigenvalue weighted by Gasteiger charge is -2.27. The predicted molar refractivity (Wildman–Crippen MR) is 139 cm³/mol. The second-order valence-electron chi connectivity index (χ2n) is 10.0. The van der Waals surface area contributed by atoms with Crippen LogP contribution in [0.25, 0.3) is 5.65 Å². The first kappa shape index (κ1) is 23.9. The average molecular weight is 557 g/mol. The summed E-state index contributed by atoms with van der Waals surface area (Å²) in [4.78, 5) is 19.7. The minimum absolute atomic E-state index is 0.256. The Bertz CT molecular complexity index is 1430. The minimum atomic E-state index is -1.22. The van der Waals surface area contributed by atoms with E-state index < -0.39 is 19.9 Å². The number of aromatic nitrogens is 4. The smallest absolute Gasteiger partial charge is 0.280 e. The number of hydrogen-bond acceptors (Lipinski definition) is 4. The number of carbonyl (C=O) groups excluding carboxylic acids is 1. The van der Waals surface area contributed by atoms with Gasteiger partial charge in [-0.05, 0) is 31.2 Å². The molecule has 1 aliphatic rings. The Balaban J connectivity index is 1.56. The number of benzene rings is 1. The van der Waals surface area contributed by atoms with Gasteiger partial charge < -0.3 is 9.14 Å². The third-order valence-electron chi connectivity index (χ3n) is 6.33. The molecule has 0 spiro atoms. The van der Waals surface area contributed by atoms with E-state index in [0.717, 1.165) is 11.7 Å². The van der Waals surface area contributed by atoms with Gasteiger partial charge in [-0.25, -0.2) is 14.1 Å². The number of nitrogens with zero attached hydrogens (tertiary/aromatic N) is 5. The summed E-state index contributed by atoms with van der Waals surface area (Å²) in [5, 5.41) is 4.62. The van der Waals surface area contributed by atoms with Crippen LogP contribution in [0.4, 0.5) is 10.1 Å². The molecule has 10 heteroatoms. The van der Waals surface area contributed by atoms with E-state index in [1.54, 1.807) is 27.9 Å². The van der Waals surface area contributed by atoms with Gasteiger partial charge in [-0.2, -0.15) is 5.10 Å². The van der Waals surface area contributed by atoms with Gasteiger partial charge in [0.25, 0.3) is 5.91 Å². The Morgan fingerprint density at radius 2 is 1.97 bits per heavy atom. The molecule has 0 saturated heterocycles. The van der Waals surface area contributed by atoms with E-state index in [4.69, 9.17) is 4.74 Å². The Labute approximate surface area is 212 Å². The van der Waals surface area contributed by atoms with Gasteiger partial charge in [0.05, 0.1) is 11.7 Å². The van der Waals surface area contributed by atoms with E-state index in [1.165, 1.54) is 6.07 Å². The van der Waals surface area contributed by atoms with E-state index in [0.29, 0.717) is 39.2 Å². The molecule has 0 fully saturated rings. The van der Waals surface area contributed by atoms with E-state index in [2.05, 4.69) is 45.7 Å². The summed E-state index contributed by atoms with van der Waals surface area (Å²) in [5.41, 5.74) is 3.56. The number of anilines is 1. The van der Waals surface area contributed by atoms with E-state index in [-0.39, 0.29) is 12.6 Å². The van der Waals surface area contributed by atoms with Crippen LogP contribution in [0.15, 0.2) is 53.4 Å². The number of imidazole rings is 1. The van der Waals surface area contributed by atoms with Crippen LogP contribution < -0.4 is 4.90 Å². The molecule has 0 radical (unpaired) electrons. The zero-order chi connectivity index (χ0) is 24.9. The SMILES string of the molecule is Cc1c2c(nn1COCC[Si](C)(C)C)C(=O)N(c1ccn3ccnc3c1)C2c1ccc(Br)cc1F. The summed E-state index contributed by atoms with van der Waals surface area (Å²) in [7, 11) is -1.22. The van der Waals surface area contributed by atoms with Gasteiger partial charge >= 0.3 is 0 Å². The molecule has 1 aliphatic heterocycles. The monoisotopic (exact) mass is 555 g/mol. The van der Waals surface area contributed by atoms with Crippen LogP contribution >= 0.6 is 15.9 Å². The highest BCUT2D eigenvalue weighted by atomic mass is 79.9. The number of carbonyl (C=O) groups is 1. The van der Waals surface area contributed by atoms with Crippen LogP contribution in [-0.4, -0.2) is 39.8 Å². The summed E-state index contributed by atoms with van der Waals surface area (Å²) in [5.74, 6) is -0.664. The number of ether oxygens (including phenoxy) is 1. The third-order valence-corrected chi connectivity index (χ3v) is 8.53. The molecule has 182 valence electrons. The van der Waals surface area contributed by atoms with E-state index in [9.17, 15) is 4.79 Å². The lowest BCUT2D eigenvalue weighted by Crippen LogP contribution is -2.30. The molecule has 35 heavy (non-hydrogen) atoms. The summed E-state index contributed by atoms with van der Waals surface area (Å²) < 4.78 is 25.4. The highest BCUT2D eigenvalue weighted by molar-refractivity contribution is 9.10. The molecule has 0 N–H and O–H groups in total. The number of rotatable bonds is 7. The standard InChI is InChI=1S/C25H27BrFN5O2Si/c1-16-22-23(29-31(16)15-34-11-12-35(2,3)4)25(33)32(18-7-9-30-10-8-28-21(30)14-18)24(22)19-6-5-17(26)13-20(19)27/h5-10,13-14,24H,11-12,15H2,1-4H3. The quantitative estimate of drug-likeness (QED) is 0.213. The van der Waals surface area contributed by atoms with Gasteiger partial charge in [0, 0.05) is 60.6 Å². The van der Waals surface area contributed by atoms with Crippen molar-refractivity contribution in [3.05, 3.63) is 81.7 Å². The van der Waals surface area contributed by atoms with Gasteiger partial charge in [0.15, 0.2) is 5.69 Å². The molecule has 0 saturated carbocycles. The number of hydrogen-bond donors (Lipinski definition) is 0. The summed E-state index contributed by atoms with van der Waals surface area (Å²) >= 11 is 3.34. The molecule has 4 heterocycles. The molecular formula is C25H27BrFN5O2Si. The molecule has 0 bridgehead atoms. The van der Waals surface area contributed by atoms with Crippen molar-refractivity contribution >= 4 is 41.2 Å². The van der Waals surface area contributed by atoms with Gasteiger partial charge in [-0.3, -0.25) is 9.69 Å². The fourth-order valence-electron chi connectivity index (χ4n) is 4.39. The maximum absolute atomic E-state index is 15.3. The summed E-state index contributed by atoms with van der Waals surface area (Å²) in [6.07, 6.45) is 5.38. The maximum atomic E-state index is 15.3. The first-order valence-corrected chi connectivity index (χ1v) is 16.0. The van der Waals surface area contributed by atoms with Crippen molar-refractivity contribution in [3.63, 3.8) is 0 Å².